The van der Waals surface area contributed by atoms with Gasteiger partial charge in [-0.3, -0.25) is 9.69 Å². The van der Waals surface area contributed by atoms with E-state index in [0.717, 1.165) is 45.7 Å². The first-order valence-electron chi connectivity index (χ1n) is 10.9. The lowest BCUT2D eigenvalue weighted by atomic mass is 10.1. The maximum atomic E-state index is 12.6. The number of hydrogen-bond acceptors (Lipinski definition) is 5. The minimum atomic E-state index is 0.136. The average Bonchev–Trinajstić information content (AvgIpc) is 2.78. The van der Waals surface area contributed by atoms with Crippen LogP contribution in [-0.2, 0) is 0 Å². The van der Waals surface area contributed by atoms with Crippen LogP contribution in [0, 0.1) is 0 Å². The quantitative estimate of drug-likeness (QED) is 0.477. The van der Waals surface area contributed by atoms with E-state index in [-0.39, 0.29) is 5.78 Å². The van der Waals surface area contributed by atoms with Gasteiger partial charge in [-0.25, -0.2) is 0 Å². The molecule has 1 saturated heterocycles. The highest BCUT2D eigenvalue weighted by atomic mass is 16.5. The monoisotopic (exact) mass is 407 g/mol. The predicted octanol–water partition coefficient (Wildman–Crippen LogP) is 3.96. The van der Waals surface area contributed by atoms with Crippen molar-refractivity contribution in [3.05, 3.63) is 65.7 Å². The number of hydrogen-bond donors (Lipinski definition) is 1. The lowest BCUT2D eigenvalue weighted by Gasteiger charge is -2.34. The number of Topliss-reactive ketones (excluding diaryl/α,β-unsaturated/α-hetero) is 1. The van der Waals surface area contributed by atoms with Crippen LogP contribution in [0.1, 0.15) is 35.7 Å². The van der Waals surface area contributed by atoms with Gasteiger partial charge in [0.2, 0.25) is 0 Å². The second-order valence-corrected chi connectivity index (χ2v) is 7.73. The summed E-state index contributed by atoms with van der Waals surface area (Å²) in [5, 5.41) is 0. The van der Waals surface area contributed by atoms with Gasteiger partial charge in [0.1, 0.15) is 5.75 Å². The molecule has 2 N–H and O–H groups in total. The fourth-order valence-corrected chi connectivity index (χ4v) is 3.57. The average molecular weight is 408 g/mol. The summed E-state index contributed by atoms with van der Waals surface area (Å²) in [4.78, 5) is 17.4. The Bertz CT molecular complexity index is 828. The van der Waals surface area contributed by atoms with Gasteiger partial charge in [-0.05, 0) is 30.2 Å². The molecule has 0 aliphatic carbocycles. The van der Waals surface area contributed by atoms with Crippen LogP contribution in [0.15, 0.2) is 54.6 Å². The number of carbonyl (C=O) groups excluding carboxylic acids is 1. The van der Waals surface area contributed by atoms with Crippen LogP contribution < -0.4 is 10.5 Å². The third kappa shape index (κ3) is 6.71. The molecule has 1 heterocycles. The SMILES string of the molecule is CCCOc1ccc(C(=O)CCN2CCN(C/C=C/c3ccccc3)CC2)cc1N. The highest BCUT2D eigenvalue weighted by Gasteiger charge is 2.17. The van der Waals surface area contributed by atoms with Crippen LogP contribution in [0.3, 0.4) is 0 Å². The van der Waals surface area contributed by atoms with Gasteiger partial charge in [0, 0.05) is 51.3 Å². The van der Waals surface area contributed by atoms with E-state index in [1.54, 1.807) is 12.1 Å². The number of nitrogens with two attached hydrogens (primary N) is 1. The van der Waals surface area contributed by atoms with Gasteiger partial charge in [-0.15, -0.1) is 0 Å². The molecule has 2 aromatic carbocycles. The third-order valence-corrected chi connectivity index (χ3v) is 5.39. The van der Waals surface area contributed by atoms with Gasteiger partial charge in [0.05, 0.1) is 12.3 Å². The molecule has 0 saturated carbocycles. The summed E-state index contributed by atoms with van der Waals surface area (Å²) < 4.78 is 5.58. The maximum Gasteiger partial charge on any atom is 0.164 e. The number of anilines is 1. The van der Waals surface area contributed by atoms with E-state index in [4.69, 9.17) is 10.5 Å². The normalized spacial score (nSPS) is 15.5. The lowest BCUT2D eigenvalue weighted by molar-refractivity contribution is 0.0935. The van der Waals surface area contributed by atoms with E-state index >= 15 is 0 Å². The van der Waals surface area contributed by atoms with E-state index in [1.165, 1.54) is 5.56 Å². The van der Waals surface area contributed by atoms with Crippen LogP contribution in [0.25, 0.3) is 6.08 Å². The van der Waals surface area contributed by atoms with Gasteiger partial charge in [-0.2, -0.15) is 0 Å². The minimum absolute atomic E-state index is 0.136. The minimum Gasteiger partial charge on any atom is -0.491 e. The molecular formula is C25H33N3O2. The van der Waals surface area contributed by atoms with E-state index in [9.17, 15) is 4.79 Å². The topological polar surface area (TPSA) is 58.8 Å². The molecule has 0 spiro atoms. The number of ether oxygens (including phenoxy) is 1. The molecule has 1 fully saturated rings. The van der Waals surface area contributed by atoms with Crippen molar-refractivity contribution < 1.29 is 9.53 Å². The summed E-state index contributed by atoms with van der Waals surface area (Å²) in [6.45, 7) is 8.50. The first-order valence-corrected chi connectivity index (χ1v) is 10.9. The summed E-state index contributed by atoms with van der Waals surface area (Å²) in [5.41, 5.74) is 8.47. The Morgan fingerprint density at radius 2 is 1.80 bits per heavy atom. The van der Waals surface area contributed by atoms with Crippen LogP contribution in [0.5, 0.6) is 5.75 Å². The lowest BCUT2D eigenvalue weighted by Crippen LogP contribution is -2.46. The van der Waals surface area contributed by atoms with Gasteiger partial charge in [-0.1, -0.05) is 49.4 Å². The highest BCUT2D eigenvalue weighted by Crippen LogP contribution is 2.23. The predicted molar refractivity (Wildman–Crippen MR) is 124 cm³/mol. The molecule has 160 valence electrons. The number of piperazine rings is 1. The first kappa shape index (κ1) is 22.1. The van der Waals surface area contributed by atoms with Crippen LogP contribution in [0.2, 0.25) is 0 Å². The molecule has 0 aromatic heterocycles. The molecule has 0 atom stereocenters. The van der Waals surface area contributed by atoms with Crippen molar-refractivity contribution in [1.82, 2.24) is 9.80 Å². The Hall–Kier alpha value is -2.63. The summed E-state index contributed by atoms with van der Waals surface area (Å²) in [6, 6.07) is 15.7. The molecule has 0 radical (unpaired) electrons. The Kier molecular flexibility index (Phi) is 8.48. The molecule has 30 heavy (non-hydrogen) atoms. The highest BCUT2D eigenvalue weighted by molar-refractivity contribution is 5.97. The zero-order chi connectivity index (χ0) is 21.2. The zero-order valence-electron chi connectivity index (χ0n) is 17.9. The van der Waals surface area contributed by atoms with Gasteiger partial charge < -0.3 is 15.4 Å². The molecule has 5 nitrogen and oxygen atoms in total. The Morgan fingerprint density at radius 1 is 1.07 bits per heavy atom. The fourth-order valence-electron chi connectivity index (χ4n) is 3.57. The van der Waals surface area contributed by atoms with Crippen LogP contribution >= 0.6 is 0 Å². The molecule has 2 aromatic rings. The number of nitrogen functional groups attached to an aromatic ring is 1. The smallest absolute Gasteiger partial charge is 0.164 e. The largest absolute Gasteiger partial charge is 0.491 e. The maximum absolute atomic E-state index is 12.6. The van der Waals surface area contributed by atoms with E-state index in [0.29, 0.717) is 30.0 Å². The molecule has 0 unspecified atom stereocenters. The number of rotatable bonds is 10. The molecular weight excluding hydrogens is 374 g/mol. The van der Waals surface area contributed by atoms with Gasteiger partial charge >= 0.3 is 0 Å². The van der Waals surface area contributed by atoms with Crippen LogP contribution in [-0.4, -0.2) is 61.5 Å². The Morgan fingerprint density at radius 3 is 2.50 bits per heavy atom. The fraction of sp³-hybridized carbons (Fsp3) is 0.400. The second-order valence-electron chi connectivity index (χ2n) is 7.73. The second kappa shape index (κ2) is 11.5. The van der Waals surface area contributed by atoms with Crippen molar-refractivity contribution in [3.63, 3.8) is 0 Å². The molecule has 0 amide bonds. The van der Waals surface area contributed by atoms with E-state index in [2.05, 4.69) is 53.1 Å². The standard InChI is InChI=1S/C25H33N3O2/c1-2-19-30-25-11-10-22(20-23(25)26)24(29)12-14-28-17-15-27(16-18-28)13-6-9-21-7-4-3-5-8-21/h3-11,20H,2,12-19,26H2,1H3/b9-6+. The first-order chi connectivity index (χ1) is 14.7. The number of benzene rings is 2. The summed E-state index contributed by atoms with van der Waals surface area (Å²) in [5.74, 6) is 0.794. The number of ketones is 1. The van der Waals surface area contributed by atoms with Crippen molar-refractivity contribution in [2.24, 2.45) is 0 Å². The Labute approximate surface area is 180 Å². The van der Waals surface area contributed by atoms with Crippen molar-refractivity contribution in [2.75, 3.05) is 51.6 Å². The summed E-state index contributed by atoms with van der Waals surface area (Å²) >= 11 is 0. The number of nitrogens with zero attached hydrogens (tertiary/aromatic N) is 2. The van der Waals surface area contributed by atoms with Crippen LogP contribution in [0.4, 0.5) is 5.69 Å². The van der Waals surface area contributed by atoms with E-state index in [1.807, 2.05) is 12.1 Å². The molecule has 0 bridgehead atoms. The number of carbonyl (C=O) groups is 1. The summed E-state index contributed by atoms with van der Waals surface area (Å²) in [6.07, 6.45) is 5.85. The van der Waals surface area contributed by atoms with Gasteiger partial charge in [0.15, 0.2) is 5.78 Å². The van der Waals surface area contributed by atoms with Crippen molar-refractivity contribution >= 4 is 17.5 Å². The Balaban J connectivity index is 1.38. The molecule has 5 heteroatoms. The third-order valence-electron chi connectivity index (χ3n) is 5.39. The van der Waals surface area contributed by atoms with Crippen molar-refractivity contribution in [1.29, 1.82) is 0 Å². The van der Waals surface area contributed by atoms with E-state index < -0.39 is 0 Å². The molecule has 1 aliphatic heterocycles. The van der Waals surface area contributed by atoms with Crippen molar-refractivity contribution in [3.8, 4) is 5.75 Å². The summed E-state index contributed by atoms with van der Waals surface area (Å²) in [7, 11) is 0. The van der Waals surface area contributed by atoms with Gasteiger partial charge in [0.25, 0.3) is 0 Å². The zero-order valence-corrected chi connectivity index (χ0v) is 17.9. The molecule has 3 rings (SSSR count). The molecule has 1 aliphatic rings. The van der Waals surface area contributed by atoms with Crippen molar-refractivity contribution in [2.45, 2.75) is 19.8 Å².